The maximum atomic E-state index is 5.92. The van der Waals surface area contributed by atoms with Crippen molar-refractivity contribution in [3.63, 3.8) is 0 Å². The van der Waals surface area contributed by atoms with Gasteiger partial charge >= 0.3 is 0 Å². The quantitative estimate of drug-likeness (QED) is 0.618. The molecule has 1 aliphatic carbocycles. The summed E-state index contributed by atoms with van der Waals surface area (Å²) in [7, 11) is 0. The molecule has 1 aliphatic rings. The van der Waals surface area contributed by atoms with Gasteiger partial charge in [-0.05, 0) is 31.1 Å². The number of hydrogen-bond donors (Lipinski definition) is 1. The van der Waals surface area contributed by atoms with Crippen molar-refractivity contribution in [2.24, 2.45) is 23.5 Å². The van der Waals surface area contributed by atoms with Crippen LogP contribution in [0.2, 0.25) is 0 Å². The van der Waals surface area contributed by atoms with E-state index in [9.17, 15) is 0 Å². The molecule has 1 heteroatoms. The SMILES string of the molecule is CC1CCC(C)C(C(C)N)C1. The van der Waals surface area contributed by atoms with E-state index >= 15 is 0 Å². The Hall–Kier alpha value is -0.0400. The first kappa shape index (κ1) is 9.05. The van der Waals surface area contributed by atoms with Crippen LogP contribution in [-0.2, 0) is 0 Å². The zero-order valence-electron chi connectivity index (χ0n) is 8.01. The summed E-state index contributed by atoms with van der Waals surface area (Å²) >= 11 is 0. The van der Waals surface area contributed by atoms with Gasteiger partial charge in [0.05, 0.1) is 0 Å². The summed E-state index contributed by atoms with van der Waals surface area (Å²) in [5.74, 6) is 2.53. The smallest absolute Gasteiger partial charge is 0.00414 e. The molecule has 0 aromatic carbocycles. The molecule has 11 heavy (non-hydrogen) atoms. The van der Waals surface area contributed by atoms with E-state index in [0.717, 1.165) is 17.8 Å². The van der Waals surface area contributed by atoms with Crippen LogP contribution in [0.5, 0.6) is 0 Å². The van der Waals surface area contributed by atoms with Crippen LogP contribution in [-0.4, -0.2) is 6.04 Å². The Morgan fingerprint density at radius 1 is 1.27 bits per heavy atom. The number of nitrogens with two attached hydrogens (primary N) is 1. The van der Waals surface area contributed by atoms with Crippen LogP contribution in [0.15, 0.2) is 0 Å². The van der Waals surface area contributed by atoms with Crippen LogP contribution >= 0.6 is 0 Å². The Bertz CT molecular complexity index is 120. The molecule has 1 fully saturated rings. The van der Waals surface area contributed by atoms with Crippen molar-refractivity contribution in [2.75, 3.05) is 0 Å². The first-order chi connectivity index (χ1) is 5.11. The highest BCUT2D eigenvalue weighted by Crippen LogP contribution is 2.34. The molecule has 1 rings (SSSR count). The van der Waals surface area contributed by atoms with Gasteiger partial charge in [0, 0.05) is 6.04 Å². The van der Waals surface area contributed by atoms with E-state index in [4.69, 9.17) is 5.73 Å². The summed E-state index contributed by atoms with van der Waals surface area (Å²) in [6, 6.07) is 0.396. The van der Waals surface area contributed by atoms with E-state index in [0.29, 0.717) is 6.04 Å². The van der Waals surface area contributed by atoms with E-state index in [1.807, 2.05) is 0 Å². The lowest BCUT2D eigenvalue weighted by Crippen LogP contribution is -2.35. The zero-order valence-corrected chi connectivity index (χ0v) is 8.01. The van der Waals surface area contributed by atoms with Gasteiger partial charge in [-0.15, -0.1) is 0 Å². The minimum Gasteiger partial charge on any atom is -0.328 e. The van der Waals surface area contributed by atoms with Crippen molar-refractivity contribution < 1.29 is 0 Å². The van der Waals surface area contributed by atoms with Gasteiger partial charge in [0.15, 0.2) is 0 Å². The summed E-state index contributed by atoms with van der Waals surface area (Å²) < 4.78 is 0. The lowest BCUT2D eigenvalue weighted by molar-refractivity contribution is 0.180. The fraction of sp³-hybridized carbons (Fsp3) is 1.00. The van der Waals surface area contributed by atoms with E-state index < -0.39 is 0 Å². The molecule has 4 unspecified atom stereocenters. The van der Waals surface area contributed by atoms with Gasteiger partial charge in [-0.1, -0.05) is 26.7 Å². The second-order valence-electron chi connectivity index (χ2n) is 4.42. The van der Waals surface area contributed by atoms with Crippen LogP contribution in [0.4, 0.5) is 0 Å². The van der Waals surface area contributed by atoms with Gasteiger partial charge in [-0.2, -0.15) is 0 Å². The molecule has 0 aliphatic heterocycles. The van der Waals surface area contributed by atoms with E-state index in [-0.39, 0.29) is 0 Å². The van der Waals surface area contributed by atoms with Crippen LogP contribution in [0.3, 0.4) is 0 Å². The Labute approximate surface area is 70.4 Å². The van der Waals surface area contributed by atoms with Crippen LogP contribution in [0.1, 0.15) is 40.0 Å². The van der Waals surface area contributed by atoms with Gasteiger partial charge in [0.2, 0.25) is 0 Å². The van der Waals surface area contributed by atoms with Crippen molar-refractivity contribution in [3.05, 3.63) is 0 Å². The molecule has 0 spiro atoms. The molecule has 1 nitrogen and oxygen atoms in total. The summed E-state index contributed by atoms with van der Waals surface area (Å²) in [5, 5.41) is 0. The normalized spacial score (nSPS) is 42.0. The molecular formula is C10H21N. The minimum atomic E-state index is 0.396. The predicted molar refractivity (Wildman–Crippen MR) is 49.3 cm³/mol. The van der Waals surface area contributed by atoms with E-state index in [2.05, 4.69) is 20.8 Å². The highest BCUT2D eigenvalue weighted by molar-refractivity contribution is 4.80. The third-order valence-electron chi connectivity index (χ3n) is 3.20. The van der Waals surface area contributed by atoms with Crippen molar-refractivity contribution in [3.8, 4) is 0 Å². The van der Waals surface area contributed by atoms with Gasteiger partial charge < -0.3 is 5.73 Å². The largest absolute Gasteiger partial charge is 0.328 e. The third-order valence-corrected chi connectivity index (χ3v) is 3.20. The topological polar surface area (TPSA) is 26.0 Å². The average molecular weight is 155 g/mol. The maximum absolute atomic E-state index is 5.92. The molecule has 0 aromatic heterocycles. The summed E-state index contributed by atoms with van der Waals surface area (Å²) in [5.41, 5.74) is 5.92. The number of hydrogen-bond acceptors (Lipinski definition) is 1. The second kappa shape index (κ2) is 3.57. The molecule has 0 aromatic rings. The first-order valence-electron chi connectivity index (χ1n) is 4.87. The van der Waals surface area contributed by atoms with Crippen LogP contribution in [0, 0.1) is 17.8 Å². The predicted octanol–water partition coefficient (Wildman–Crippen LogP) is 2.41. The van der Waals surface area contributed by atoms with Gasteiger partial charge in [-0.3, -0.25) is 0 Å². The lowest BCUT2D eigenvalue weighted by atomic mass is 9.73. The second-order valence-corrected chi connectivity index (χ2v) is 4.42. The number of rotatable bonds is 1. The molecule has 66 valence electrons. The van der Waals surface area contributed by atoms with Crippen molar-refractivity contribution in [1.29, 1.82) is 0 Å². The summed E-state index contributed by atoms with van der Waals surface area (Å²) in [6.45, 7) is 6.85. The lowest BCUT2D eigenvalue weighted by Gasteiger charge is -2.35. The monoisotopic (exact) mass is 155 g/mol. The fourth-order valence-corrected chi connectivity index (χ4v) is 2.31. The van der Waals surface area contributed by atoms with Crippen molar-refractivity contribution in [2.45, 2.75) is 46.1 Å². The van der Waals surface area contributed by atoms with Crippen LogP contribution < -0.4 is 5.73 Å². The fourth-order valence-electron chi connectivity index (χ4n) is 2.31. The highest BCUT2D eigenvalue weighted by atomic mass is 14.6. The molecule has 0 saturated heterocycles. The Morgan fingerprint density at radius 3 is 2.36 bits per heavy atom. The zero-order chi connectivity index (χ0) is 8.43. The first-order valence-corrected chi connectivity index (χ1v) is 4.87. The van der Waals surface area contributed by atoms with Gasteiger partial charge in [-0.25, -0.2) is 0 Å². The molecule has 0 amide bonds. The van der Waals surface area contributed by atoms with E-state index in [1.165, 1.54) is 19.3 Å². The molecule has 0 bridgehead atoms. The molecule has 4 atom stereocenters. The van der Waals surface area contributed by atoms with Crippen molar-refractivity contribution >= 4 is 0 Å². The van der Waals surface area contributed by atoms with E-state index in [1.54, 1.807) is 0 Å². The Balaban J connectivity index is 2.47. The van der Waals surface area contributed by atoms with Crippen LogP contribution in [0.25, 0.3) is 0 Å². The van der Waals surface area contributed by atoms with Crippen molar-refractivity contribution in [1.82, 2.24) is 0 Å². The molecular weight excluding hydrogens is 134 g/mol. The summed E-state index contributed by atoms with van der Waals surface area (Å²) in [4.78, 5) is 0. The maximum Gasteiger partial charge on any atom is 0.00414 e. The Kier molecular flexibility index (Phi) is 2.94. The minimum absolute atomic E-state index is 0.396. The highest BCUT2D eigenvalue weighted by Gasteiger charge is 2.27. The Morgan fingerprint density at radius 2 is 1.91 bits per heavy atom. The molecule has 0 radical (unpaired) electrons. The van der Waals surface area contributed by atoms with Gasteiger partial charge in [0.25, 0.3) is 0 Å². The molecule has 1 saturated carbocycles. The van der Waals surface area contributed by atoms with Gasteiger partial charge in [0.1, 0.15) is 0 Å². The third kappa shape index (κ3) is 2.19. The summed E-state index contributed by atoms with van der Waals surface area (Å²) in [6.07, 6.45) is 4.14. The standard InChI is InChI=1S/C10H21N/c1-7-4-5-8(2)10(6-7)9(3)11/h7-10H,4-6,11H2,1-3H3. The molecule has 2 N–H and O–H groups in total. The average Bonchev–Trinajstić information content (AvgIpc) is 1.94. The molecule has 0 heterocycles.